The van der Waals surface area contributed by atoms with Crippen molar-refractivity contribution in [2.45, 2.75) is 6.54 Å². The molecule has 136 valence electrons. The summed E-state index contributed by atoms with van der Waals surface area (Å²) in [6.45, 7) is 0.218. The summed E-state index contributed by atoms with van der Waals surface area (Å²) in [4.78, 5) is 19.1. The van der Waals surface area contributed by atoms with Crippen molar-refractivity contribution in [2.24, 2.45) is 0 Å². The van der Waals surface area contributed by atoms with Crippen molar-refractivity contribution in [2.75, 3.05) is 11.5 Å². The predicted molar refractivity (Wildman–Crippen MR) is 109 cm³/mol. The first-order chi connectivity index (χ1) is 13.2. The zero-order chi connectivity index (χ0) is 18.6. The second-order valence-electron chi connectivity index (χ2n) is 5.77. The van der Waals surface area contributed by atoms with E-state index in [2.05, 4.69) is 20.9 Å². The lowest BCUT2D eigenvalue weighted by atomic mass is 10.3. The van der Waals surface area contributed by atoms with Crippen LogP contribution >= 0.6 is 27.3 Å². The molecule has 2 heterocycles. The highest BCUT2D eigenvalue weighted by Crippen LogP contribution is 2.32. The number of benzene rings is 2. The van der Waals surface area contributed by atoms with Crippen molar-refractivity contribution in [1.29, 1.82) is 0 Å². The van der Waals surface area contributed by atoms with Crippen LogP contribution in [-0.4, -0.2) is 17.5 Å². The second-order valence-corrected chi connectivity index (χ2v) is 7.69. The first kappa shape index (κ1) is 17.8. The highest BCUT2D eigenvalue weighted by molar-refractivity contribution is 9.10. The number of para-hydroxylation sites is 1. The maximum absolute atomic E-state index is 12.9. The Morgan fingerprint density at radius 1 is 1.15 bits per heavy atom. The Labute approximate surface area is 168 Å². The van der Waals surface area contributed by atoms with Crippen molar-refractivity contribution >= 4 is 48.5 Å². The van der Waals surface area contributed by atoms with E-state index in [0.717, 1.165) is 14.7 Å². The number of hydrogen-bond acceptors (Lipinski definition) is 5. The molecule has 0 spiro atoms. The van der Waals surface area contributed by atoms with E-state index >= 15 is 0 Å². The third kappa shape index (κ3) is 4.20. The number of furan rings is 1. The third-order valence-electron chi connectivity index (χ3n) is 3.87. The van der Waals surface area contributed by atoms with Gasteiger partial charge in [-0.1, -0.05) is 45.5 Å². The van der Waals surface area contributed by atoms with E-state index in [4.69, 9.17) is 9.15 Å². The molecule has 0 N–H and O–H groups in total. The number of thiazole rings is 1. The van der Waals surface area contributed by atoms with Crippen LogP contribution in [0.1, 0.15) is 5.76 Å². The van der Waals surface area contributed by atoms with Gasteiger partial charge in [-0.25, -0.2) is 4.98 Å². The van der Waals surface area contributed by atoms with Crippen LogP contribution in [0, 0.1) is 0 Å². The van der Waals surface area contributed by atoms with Crippen molar-refractivity contribution < 1.29 is 13.9 Å². The number of anilines is 1. The molecule has 1 amide bonds. The van der Waals surface area contributed by atoms with E-state index in [1.54, 1.807) is 17.2 Å². The average molecular weight is 443 g/mol. The summed E-state index contributed by atoms with van der Waals surface area (Å²) in [5.41, 5.74) is 0.847. The van der Waals surface area contributed by atoms with E-state index in [1.165, 1.54) is 11.3 Å². The number of carbonyl (C=O) groups is 1. The lowest BCUT2D eigenvalue weighted by molar-refractivity contribution is -0.120. The minimum absolute atomic E-state index is 0.0790. The van der Waals surface area contributed by atoms with Gasteiger partial charge in [0, 0.05) is 4.47 Å². The standard InChI is InChI=1S/C20H15BrN2O3S/c21-14-8-9-17-18(11-14)27-20(22-17)23(12-16-7-4-10-25-16)19(24)13-26-15-5-2-1-3-6-15/h1-11H,12-13H2. The van der Waals surface area contributed by atoms with Crippen LogP contribution in [0.25, 0.3) is 10.2 Å². The van der Waals surface area contributed by atoms with Crippen molar-refractivity contribution in [3.63, 3.8) is 0 Å². The summed E-state index contributed by atoms with van der Waals surface area (Å²) in [5.74, 6) is 1.15. The molecule has 0 bridgehead atoms. The monoisotopic (exact) mass is 442 g/mol. The van der Waals surface area contributed by atoms with E-state index in [1.807, 2.05) is 54.6 Å². The van der Waals surface area contributed by atoms with Gasteiger partial charge >= 0.3 is 0 Å². The molecule has 0 radical (unpaired) electrons. The third-order valence-corrected chi connectivity index (χ3v) is 5.41. The van der Waals surface area contributed by atoms with Crippen molar-refractivity contribution in [3.05, 3.63) is 77.2 Å². The highest BCUT2D eigenvalue weighted by Gasteiger charge is 2.22. The molecule has 0 aliphatic rings. The molecule has 0 atom stereocenters. The van der Waals surface area contributed by atoms with Gasteiger partial charge in [0.25, 0.3) is 5.91 Å². The number of halogens is 1. The van der Waals surface area contributed by atoms with Gasteiger partial charge in [-0.15, -0.1) is 0 Å². The van der Waals surface area contributed by atoms with Crippen LogP contribution in [-0.2, 0) is 11.3 Å². The first-order valence-corrected chi connectivity index (χ1v) is 9.87. The molecule has 7 heteroatoms. The lowest BCUT2D eigenvalue weighted by Gasteiger charge is -2.19. The van der Waals surface area contributed by atoms with Gasteiger partial charge in [-0.05, 0) is 42.5 Å². The minimum Gasteiger partial charge on any atom is -0.484 e. The average Bonchev–Trinajstić information content (AvgIpc) is 3.34. The fraction of sp³-hybridized carbons (Fsp3) is 0.100. The van der Waals surface area contributed by atoms with Crippen LogP contribution in [0.4, 0.5) is 5.13 Å². The number of ether oxygens (including phenoxy) is 1. The molecule has 0 saturated heterocycles. The smallest absolute Gasteiger partial charge is 0.267 e. The maximum Gasteiger partial charge on any atom is 0.267 e. The Hall–Kier alpha value is -2.64. The molecule has 0 aliphatic carbocycles. The van der Waals surface area contributed by atoms with E-state index in [0.29, 0.717) is 23.2 Å². The van der Waals surface area contributed by atoms with Gasteiger partial charge in [-0.2, -0.15) is 0 Å². The van der Waals surface area contributed by atoms with Gasteiger partial charge in [0.15, 0.2) is 11.7 Å². The van der Waals surface area contributed by atoms with Gasteiger partial charge in [0.2, 0.25) is 0 Å². The quantitative estimate of drug-likeness (QED) is 0.408. The maximum atomic E-state index is 12.9. The van der Waals surface area contributed by atoms with Gasteiger partial charge in [0.1, 0.15) is 11.5 Å². The predicted octanol–water partition coefficient (Wildman–Crippen LogP) is 5.26. The van der Waals surface area contributed by atoms with E-state index in [-0.39, 0.29) is 12.5 Å². The van der Waals surface area contributed by atoms with Crippen LogP contribution < -0.4 is 9.64 Å². The molecular weight excluding hydrogens is 428 g/mol. The fourth-order valence-corrected chi connectivity index (χ4v) is 4.10. The van der Waals surface area contributed by atoms with Crippen molar-refractivity contribution in [3.8, 4) is 5.75 Å². The van der Waals surface area contributed by atoms with Gasteiger partial charge in [-0.3, -0.25) is 9.69 Å². The molecule has 0 aliphatic heterocycles. The summed E-state index contributed by atoms with van der Waals surface area (Å²) >= 11 is 4.93. The molecule has 5 nitrogen and oxygen atoms in total. The SMILES string of the molecule is O=C(COc1ccccc1)N(Cc1ccco1)c1nc2ccc(Br)cc2s1. The number of nitrogens with zero attached hydrogens (tertiary/aromatic N) is 2. The van der Waals surface area contributed by atoms with E-state index in [9.17, 15) is 4.79 Å². The summed E-state index contributed by atoms with van der Waals surface area (Å²) in [5, 5.41) is 0.612. The van der Waals surface area contributed by atoms with E-state index < -0.39 is 0 Å². The Morgan fingerprint density at radius 3 is 2.78 bits per heavy atom. The molecule has 27 heavy (non-hydrogen) atoms. The summed E-state index contributed by atoms with van der Waals surface area (Å²) < 4.78 is 13.0. The normalized spacial score (nSPS) is 10.9. The Balaban J connectivity index is 1.60. The molecule has 0 fully saturated rings. The number of rotatable bonds is 6. The molecular formula is C20H15BrN2O3S. The topological polar surface area (TPSA) is 55.6 Å². The number of hydrogen-bond donors (Lipinski definition) is 0. The lowest BCUT2D eigenvalue weighted by Crippen LogP contribution is -2.34. The number of amides is 1. The van der Waals surface area contributed by atoms with Crippen LogP contribution in [0.5, 0.6) is 5.75 Å². The van der Waals surface area contributed by atoms with Crippen LogP contribution in [0.3, 0.4) is 0 Å². The first-order valence-electron chi connectivity index (χ1n) is 8.26. The fourth-order valence-electron chi connectivity index (χ4n) is 2.56. The highest BCUT2D eigenvalue weighted by atomic mass is 79.9. The van der Waals surface area contributed by atoms with Gasteiger partial charge < -0.3 is 9.15 Å². The summed E-state index contributed by atoms with van der Waals surface area (Å²) in [6.07, 6.45) is 1.59. The summed E-state index contributed by atoms with van der Waals surface area (Å²) in [7, 11) is 0. The number of fused-ring (bicyclic) bond motifs is 1. The zero-order valence-corrected chi connectivity index (χ0v) is 16.6. The Bertz CT molecular complexity index is 1050. The molecule has 0 unspecified atom stereocenters. The molecule has 0 saturated carbocycles. The summed E-state index contributed by atoms with van der Waals surface area (Å²) in [6, 6.07) is 18.8. The van der Waals surface area contributed by atoms with Crippen molar-refractivity contribution in [1.82, 2.24) is 4.98 Å². The Morgan fingerprint density at radius 2 is 2.00 bits per heavy atom. The minimum atomic E-state index is -0.187. The molecule has 4 aromatic rings. The molecule has 4 rings (SSSR count). The van der Waals surface area contributed by atoms with Crippen LogP contribution in [0.2, 0.25) is 0 Å². The van der Waals surface area contributed by atoms with Gasteiger partial charge in [0.05, 0.1) is 23.0 Å². The molecule has 2 aromatic carbocycles. The second kappa shape index (κ2) is 7.94. The number of carbonyl (C=O) groups excluding carboxylic acids is 1. The van der Waals surface area contributed by atoms with Crippen LogP contribution in [0.15, 0.2) is 75.8 Å². The largest absolute Gasteiger partial charge is 0.484 e. The Kier molecular flexibility index (Phi) is 5.22. The zero-order valence-electron chi connectivity index (χ0n) is 14.2. The number of aromatic nitrogens is 1. The molecule has 2 aromatic heterocycles.